The molecule has 2 saturated heterocycles. The van der Waals surface area contributed by atoms with Gasteiger partial charge in [0.2, 0.25) is 0 Å². The molecule has 1 aliphatic carbocycles. The number of ether oxygens (including phenoxy) is 1. The number of nitrogens with zero attached hydrogens (tertiary/aromatic N) is 3. The van der Waals surface area contributed by atoms with E-state index in [0.29, 0.717) is 23.9 Å². The van der Waals surface area contributed by atoms with E-state index in [4.69, 9.17) is 10.5 Å². The van der Waals surface area contributed by atoms with Gasteiger partial charge in [-0.15, -0.1) is 10.2 Å². The number of aromatic nitrogens is 2. The molecule has 2 aliphatic heterocycles. The quantitative estimate of drug-likeness (QED) is 0.745. The van der Waals surface area contributed by atoms with Gasteiger partial charge in [-0.05, 0) is 80.7 Å². The number of anilines is 2. The zero-order valence-corrected chi connectivity index (χ0v) is 17.8. The van der Waals surface area contributed by atoms with Crippen LogP contribution in [0.25, 0.3) is 0 Å². The monoisotopic (exact) mass is 421 g/mol. The summed E-state index contributed by atoms with van der Waals surface area (Å²) in [5.41, 5.74) is 6.67. The van der Waals surface area contributed by atoms with Crippen molar-refractivity contribution in [2.75, 3.05) is 24.7 Å². The zero-order valence-electron chi connectivity index (χ0n) is 17.8. The Labute approximate surface area is 183 Å². The van der Waals surface area contributed by atoms with E-state index >= 15 is 0 Å². The minimum Gasteiger partial charge on any atom is -0.381 e. The van der Waals surface area contributed by atoms with Crippen LogP contribution in [0.15, 0.2) is 42.5 Å². The van der Waals surface area contributed by atoms with Crippen molar-refractivity contribution in [3.63, 3.8) is 0 Å². The molecule has 2 aromatic rings. The maximum absolute atomic E-state index is 11.4. The van der Waals surface area contributed by atoms with Crippen molar-refractivity contribution in [1.82, 2.24) is 15.5 Å². The van der Waals surface area contributed by atoms with E-state index in [-0.39, 0.29) is 5.69 Å². The molecule has 0 radical (unpaired) electrons. The SMILES string of the molecule is NC(=O)c1ccc(N(c2ccccc2)[C@H]2C[C@@H]3CN[C@@H](CC4CCOCC4)[C@H]3C2)nn1. The Hall–Kier alpha value is -2.51. The van der Waals surface area contributed by atoms with E-state index in [1.807, 2.05) is 12.1 Å². The summed E-state index contributed by atoms with van der Waals surface area (Å²) < 4.78 is 5.55. The van der Waals surface area contributed by atoms with Crippen molar-refractivity contribution in [2.24, 2.45) is 23.5 Å². The molecule has 3 heterocycles. The average molecular weight is 422 g/mol. The third kappa shape index (κ3) is 4.29. The van der Waals surface area contributed by atoms with E-state index in [0.717, 1.165) is 50.0 Å². The van der Waals surface area contributed by atoms with Crippen LogP contribution in [0.4, 0.5) is 11.5 Å². The maximum Gasteiger partial charge on any atom is 0.269 e. The van der Waals surface area contributed by atoms with E-state index in [1.54, 1.807) is 6.07 Å². The third-order valence-corrected chi connectivity index (χ3v) is 7.36. The number of hydrogen-bond acceptors (Lipinski definition) is 6. The predicted octanol–water partition coefficient (Wildman–Crippen LogP) is 2.90. The van der Waals surface area contributed by atoms with Crippen LogP contribution in [-0.4, -0.2) is 47.9 Å². The van der Waals surface area contributed by atoms with Gasteiger partial charge in [-0.3, -0.25) is 4.79 Å². The summed E-state index contributed by atoms with van der Waals surface area (Å²) in [5.74, 6) is 2.38. The van der Waals surface area contributed by atoms with Crippen LogP contribution in [0.3, 0.4) is 0 Å². The van der Waals surface area contributed by atoms with E-state index < -0.39 is 5.91 Å². The highest BCUT2D eigenvalue weighted by Gasteiger charge is 2.46. The van der Waals surface area contributed by atoms with Gasteiger partial charge in [0.15, 0.2) is 11.5 Å². The number of carbonyl (C=O) groups is 1. The molecule has 1 aromatic carbocycles. The van der Waals surface area contributed by atoms with Crippen molar-refractivity contribution in [3.05, 3.63) is 48.2 Å². The largest absolute Gasteiger partial charge is 0.381 e. The van der Waals surface area contributed by atoms with Gasteiger partial charge in [0.05, 0.1) is 0 Å². The molecule has 1 saturated carbocycles. The molecule has 4 atom stereocenters. The molecule has 1 aromatic heterocycles. The van der Waals surface area contributed by atoms with Gasteiger partial charge < -0.3 is 20.7 Å². The molecule has 7 heteroatoms. The van der Waals surface area contributed by atoms with Crippen LogP contribution in [0.2, 0.25) is 0 Å². The van der Waals surface area contributed by atoms with Gasteiger partial charge >= 0.3 is 0 Å². The number of nitrogens with two attached hydrogens (primary N) is 1. The molecule has 31 heavy (non-hydrogen) atoms. The highest BCUT2D eigenvalue weighted by atomic mass is 16.5. The highest BCUT2D eigenvalue weighted by molar-refractivity contribution is 5.90. The molecule has 0 bridgehead atoms. The van der Waals surface area contributed by atoms with Crippen molar-refractivity contribution in [3.8, 4) is 0 Å². The Morgan fingerprint density at radius 1 is 1.10 bits per heavy atom. The summed E-state index contributed by atoms with van der Waals surface area (Å²) in [6.07, 6.45) is 5.92. The predicted molar refractivity (Wildman–Crippen MR) is 119 cm³/mol. The van der Waals surface area contributed by atoms with Crippen LogP contribution < -0.4 is 16.0 Å². The van der Waals surface area contributed by atoms with Crippen molar-refractivity contribution in [2.45, 2.75) is 44.2 Å². The molecule has 3 fully saturated rings. The van der Waals surface area contributed by atoms with Gasteiger partial charge in [0.25, 0.3) is 5.91 Å². The molecule has 3 N–H and O–H groups in total. The summed E-state index contributed by atoms with van der Waals surface area (Å²) >= 11 is 0. The Morgan fingerprint density at radius 2 is 1.90 bits per heavy atom. The molecule has 164 valence electrons. The van der Waals surface area contributed by atoms with E-state index in [1.165, 1.54) is 19.3 Å². The number of nitrogens with one attached hydrogen (secondary N) is 1. The highest BCUT2D eigenvalue weighted by Crippen LogP contribution is 2.45. The lowest BCUT2D eigenvalue weighted by Crippen LogP contribution is -2.35. The van der Waals surface area contributed by atoms with Crippen molar-refractivity contribution < 1.29 is 9.53 Å². The molecule has 3 aliphatic rings. The molecule has 5 rings (SSSR count). The smallest absolute Gasteiger partial charge is 0.269 e. The number of primary amides is 1. The third-order valence-electron chi connectivity index (χ3n) is 7.36. The lowest BCUT2D eigenvalue weighted by molar-refractivity contribution is 0.0593. The first kappa shape index (κ1) is 20.4. The van der Waals surface area contributed by atoms with Crippen LogP contribution >= 0.6 is 0 Å². The number of para-hydroxylation sites is 1. The summed E-state index contributed by atoms with van der Waals surface area (Å²) in [6, 6.07) is 14.9. The van der Waals surface area contributed by atoms with Crippen molar-refractivity contribution in [1.29, 1.82) is 0 Å². The Balaban J connectivity index is 1.36. The number of fused-ring (bicyclic) bond motifs is 1. The van der Waals surface area contributed by atoms with Gasteiger partial charge in [-0.1, -0.05) is 18.2 Å². The van der Waals surface area contributed by atoms with Gasteiger partial charge in [0.1, 0.15) is 0 Å². The second-order valence-corrected chi connectivity index (χ2v) is 9.20. The first-order valence-electron chi connectivity index (χ1n) is 11.5. The molecular weight excluding hydrogens is 390 g/mol. The molecule has 1 amide bonds. The molecule has 0 spiro atoms. The standard InChI is InChI=1S/C24H31N5O2/c25-24(30)21-6-7-23(28-27-21)29(18-4-2-1-3-5-18)19-13-17-15-26-22(20(17)14-19)12-16-8-10-31-11-9-16/h1-7,16-17,19-20,22,26H,8-15H2,(H2,25,30)/t17-,19+,20+,22+/m1/s1. The number of hydrogen-bond donors (Lipinski definition) is 2. The van der Waals surface area contributed by atoms with Crippen LogP contribution in [0.5, 0.6) is 0 Å². The number of carbonyl (C=O) groups excluding carboxylic acids is 1. The van der Waals surface area contributed by atoms with Gasteiger partial charge in [0, 0.05) is 31.0 Å². The van der Waals surface area contributed by atoms with Crippen LogP contribution in [-0.2, 0) is 4.74 Å². The lowest BCUT2D eigenvalue weighted by Gasteiger charge is -2.32. The fourth-order valence-corrected chi connectivity index (χ4v) is 5.82. The summed E-state index contributed by atoms with van der Waals surface area (Å²) in [5, 5.41) is 12.3. The van der Waals surface area contributed by atoms with Crippen LogP contribution in [0, 0.1) is 17.8 Å². The van der Waals surface area contributed by atoms with Gasteiger partial charge in [-0.2, -0.15) is 0 Å². The molecule has 0 unspecified atom stereocenters. The number of benzene rings is 1. The zero-order chi connectivity index (χ0) is 21.2. The van der Waals surface area contributed by atoms with Crippen LogP contribution in [0.1, 0.15) is 42.6 Å². The first-order valence-corrected chi connectivity index (χ1v) is 11.5. The summed E-state index contributed by atoms with van der Waals surface area (Å²) in [4.78, 5) is 13.7. The molecule has 7 nitrogen and oxygen atoms in total. The minimum atomic E-state index is -0.553. The fraction of sp³-hybridized carbons (Fsp3) is 0.542. The normalized spacial score (nSPS) is 28.4. The molecular formula is C24H31N5O2. The van der Waals surface area contributed by atoms with E-state index in [2.05, 4.69) is 44.7 Å². The van der Waals surface area contributed by atoms with E-state index in [9.17, 15) is 4.79 Å². The maximum atomic E-state index is 11.4. The number of rotatable bonds is 6. The Kier molecular flexibility index (Phi) is 5.87. The Bertz CT molecular complexity index is 885. The summed E-state index contributed by atoms with van der Waals surface area (Å²) in [6.45, 7) is 2.93. The second kappa shape index (κ2) is 8.93. The minimum absolute atomic E-state index is 0.195. The lowest BCUT2D eigenvalue weighted by atomic mass is 9.85. The van der Waals surface area contributed by atoms with Gasteiger partial charge in [-0.25, -0.2) is 0 Å². The first-order chi connectivity index (χ1) is 15.2. The Morgan fingerprint density at radius 3 is 2.61 bits per heavy atom. The second-order valence-electron chi connectivity index (χ2n) is 9.20. The summed E-state index contributed by atoms with van der Waals surface area (Å²) in [7, 11) is 0. The topological polar surface area (TPSA) is 93.4 Å². The van der Waals surface area contributed by atoms with Crippen molar-refractivity contribution >= 4 is 17.4 Å². The average Bonchev–Trinajstić information content (AvgIpc) is 3.38. The number of amides is 1. The fourth-order valence-electron chi connectivity index (χ4n) is 5.82.